The first kappa shape index (κ1) is 13.0. The summed E-state index contributed by atoms with van der Waals surface area (Å²) in [6.07, 6.45) is 3.70. The van der Waals surface area contributed by atoms with E-state index in [1.165, 1.54) is 0 Å². The highest BCUT2D eigenvalue weighted by Gasteiger charge is 2.32. The van der Waals surface area contributed by atoms with Crippen LogP contribution in [0.5, 0.6) is 0 Å². The molecule has 1 fully saturated rings. The van der Waals surface area contributed by atoms with Crippen molar-refractivity contribution in [2.45, 2.75) is 25.8 Å². The summed E-state index contributed by atoms with van der Waals surface area (Å²) in [6.45, 7) is 2.53. The van der Waals surface area contributed by atoms with E-state index in [1.807, 2.05) is 10.3 Å². The zero-order valence-electron chi connectivity index (χ0n) is 11.1. The zero-order chi connectivity index (χ0) is 14.1. The molecule has 0 radical (unpaired) electrons. The van der Waals surface area contributed by atoms with E-state index in [0.717, 1.165) is 24.4 Å². The Morgan fingerprint density at radius 1 is 1.50 bits per heavy atom. The van der Waals surface area contributed by atoms with Crippen LogP contribution in [0.4, 0.5) is 5.95 Å². The quantitative estimate of drug-likeness (QED) is 0.911. The number of carbonyl (C=O) groups excluding carboxylic acids is 1. The number of aryl methyl sites for hydroxylation is 1. The number of hydrogen-bond donors (Lipinski definition) is 1. The first-order valence-corrected chi connectivity index (χ1v) is 7.34. The average molecular weight is 289 g/mol. The van der Waals surface area contributed by atoms with Crippen molar-refractivity contribution in [1.29, 1.82) is 0 Å². The standard InChI is InChI=1S/C13H15N5OS/c1-8-7-9(17-13(14)16-8)12(19)18-5-2-3-10(18)11-15-4-6-20-11/h4,6-7,10H,2-3,5H2,1H3,(H2,14,16,17). The Kier molecular flexibility index (Phi) is 3.35. The molecule has 1 amide bonds. The third kappa shape index (κ3) is 2.36. The summed E-state index contributed by atoms with van der Waals surface area (Å²) in [5.41, 5.74) is 6.68. The lowest BCUT2D eigenvalue weighted by Gasteiger charge is -2.22. The predicted molar refractivity (Wildman–Crippen MR) is 76.3 cm³/mol. The third-order valence-electron chi connectivity index (χ3n) is 3.34. The first-order chi connectivity index (χ1) is 9.65. The first-order valence-electron chi connectivity index (χ1n) is 6.46. The van der Waals surface area contributed by atoms with E-state index < -0.39 is 0 Å². The number of nitrogen functional groups attached to an aromatic ring is 1. The molecule has 0 aromatic carbocycles. The molecule has 0 saturated carbocycles. The summed E-state index contributed by atoms with van der Waals surface area (Å²) in [6, 6.07) is 1.73. The van der Waals surface area contributed by atoms with Crippen LogP contribution < -0.4 is 5.73 Å². The zero-order valence-corrected chi connectivity index (χ0v) is 11.9. The van der Waals surface area contributed by atoms with Gasteiger partial charge in [0.15, 0.2) is 0 Å². The second kappa shape index (κ2) is 5.16. The van der Waals surface area contributed by atoms with Gasteiger partial charge in [0.1, 0.15) is 10.7 Å². The number of aromatic nitrogens is 3. The van der Waals surface area contributed by atoms with Gasteiger partial charge < -0.3 is 10.6 Å². The molecule has 1 saturated heterocycles. The van der Waals surface area contributed by atoms with Gasteiger partial charge in [-0.1, -0.05) is 0 Å². The molecule has 3 rings (SSSR count). The van der Waals surface area contributed by atoms with E-state index in [9.17, 15) is 4.79 Å². The molecule has 0 bridgehead atoms. The molecule has 2 N–H and O–H groups in total. The van der Waals surface area contributed by atoms with Crippen LogP contribution in [-0.2, 0) is 0 Å². The lowest BCUT2D eigenvalue weighted by Crippen LogP contribution is -2.31. The van der Waals surface area contributed by atoms with Crippen molar-refractivity contribution in [3.63, 3.8) is 0 Å². The fourth-order valence-corrected chi connectivity index (χ4v) is 3.30. The van der Waals surface area contributed by atoms with Crippen LogP contribution in [0, 0.1) is 6.92 Å². The number of rotatable bonds is 2. The molecule has 6 nitrogen and oxygen atoms in total. The van der Waals surface area contributed by atoms with Gasteiger partial charge in [-0.25, -0.2) is 15.0 Å². The SMILES string of the molecule is Cc1cc(C(=O)N2CCCC2c2nccs2)nc(N)n1. The summed E-state index contributed by atoms with van der Waals surface area (Å²) in [5.74, 6) is 0.0400. The molecule has 2 aromatic heterocycles. The summed E-state index contributed by atoms with van der Waals surface area (Å²) in [5, 5.41) is 2.91. The largest absolute Gasteiger partial charge is 0.368 e. The molecule has 104 valence electrons. The number of hydrogen-bond acceptors (Lipinski definition) is 6. The molecule has 1 unspecified atom stereocenters. The van der Waals surface area contributed by atoms with Gasteiger partial charge in [-0.15, -0.1) is 11.3 Å². The maximum atomic E-state index is 12.6. The molecule has 0 spiro atoms. The highest BCUT2D eigenvalue weighted by molar-refractivity contribution is 7.09. The van der Waals surface area contributed by atoms with Crippen molar-refractivity contribution in [1.82, 2.24) is 19.9 Å². The highest BCUT2D eigenvalue weighted by Crippen LogP contribution is 2.33. The smallest absolute Gasteiger partial charge is 0.273 e. The van der Waals surface area contributed by atoms with E-state index in [-0.39, 0.29) is 17.9 Å². The molecule has 20 heavy (non-hydrogen) atoms. The van der Waals surface area contributed by atoms with Crippen LogP contribution in [0.3, 0.4) is 0 Å². The van der Waals surface area contributed by atoms with E-state index in [4.69, 9.17) is 5.73 Å². The summed E-state index contributed by atoms with van der Waals surface area (Å²) < 4.78 is 0. The molecule has 0 aliphatic carbocycles. The molecule has 2 aromatic rings. The fourth-order valence-electron chi connectivity index (χ4n) is 2.51. The van der Waals surface area contributed by atoms with Gasteiger partial charge in [-0.05, 0) is 25.8 Å². The van der Waals surface area contributed by atoms with E-state index >= 15 is 0 Å². The highest BCUT2D eigenvalue weighted by atomic mass is 32.1. The number of thiazole rings is 1. The van der Waals surface area contributed by atoms with Gasteiger partial charge in [0.05, 0.1) is 6.04 Å². The van der Waals surface area contributed by atoms with Crippen LogP contribution in [0.1, 0.15) is 40.1 Å². The normalized spacial score (nSPS) is 18.4. The second-order valence-corrected chi connectivity index (χ2v) is 5.71. The van der Waals surface area contributed by atoms with Gasteiger partial charge in [0.25, 0.3) is 5.91 Å². The maximum absolute atomic E-state index is 12.6. The second-order valence-electron chi connectivity index (χ2n) is 4.78. The van der Waals surface area contributed by atoms with E-state index in [2.05, 4.69) is 15.0 Å². The third-order valence-corrected chi connectivity index (χ3v) is 4.22. The van der Waals surface area contributed by atoms with Crippen LogP contribution in [0.2, 0.25) is 0 Å². The Morgan fingerprint density at radius 2 is 2.35 bits per heavy atom. The predicted octanol–water partition coefficient (Wildman–Crippen LogP) is 1.80. The Hall–Kier alpha value is -2.02. The number of likely N-dealkylation sites (tertiary alicyclic amines) is 1. The van der Waals surface area contributed by atoms with Crippen molar-refractivity contribution in [3.05, 3.63) is 34.0 Å². The van der Waals surface area contributed by atoms with E-state index in [0.29, 0.717) is 11.4 Å². The Balaban J connectivity index is 1.89. The van der Waals surface area contributed by atoms with Gasteiger partial charge in [0, 0.05) is 23.8 Å². The van der Waals surface area contributed by atoms with Gasteiger partial charge in [0.2, 0.25) is 5.95 Å². The monoisotopic (exact) mass is 289 g/mol. The van der Waals surface area contributed by atoms with Gasteiger partial charge in [-0.2, -0.15) is 0 Å². The molecular formula is C13H15N5OS. The maximum Gasteiger partial charge on any atom is 0.273 e. The van der Waals surface area contributed by atoms with Crippen molar-refractivity contribution >= 4 is 23.2 Å². The molecule has 1 aliphatic rings. The number of nitrogens with zero attached hydrogens (tertiary/aromatic N) is 4. The van der Waals surface area contributed by atoms with Crippen molar-refractivity contribution in [3.8, 4) is 0 Å². The molecule has 1 aliphatic heterocycles. The van der Waals surface area contributed by atoms with Crippen LogP contribution >= 0.6 is 11.3 Å². The summed E-state index contributed by atoms with van der Waals surface area (Å²) >= 11 is 1.58. The van der Waals surface area contributed by atoms with Crippen molar-refractivity contribution in [2.24, 2.45) is 0 Å². The minimum absolute atomic E-state index is 0.0546. The Morgan fingerprint density at radius 3 is 3.05 bits per heavy atom. The van der Waals surface area contributed by atoms with Gasteiger partial charge >= 0.3 is 0 Å². The van der Waals surface area contributed by atoms with Crippen LogP contribution in [0.15, 0.2) is 17.6 Å². The average Bonchev–Trinajstić information content (AvgIpc) is 3.07. The van der Waals surface area contributed by atoms with Crippen LogP contribution in [0.25, 0.3) is 0 Å². The lowest BCUT2D eigenvalue weighted by molar-refractivity contribution is 0.0729. The summed E-state index contributed by atoms with van der Waals surface area (Å²) in [7, 11) is 0. The number of amides is 1. The number of nitrogens with two attached hydrogens (primary N) is 1. The minimum atomic E-state index is -0.0973. The molecule has 1 atom stereocenters. The number of anilines is 1. The van der Waals surface area contributed by atoms with E-state index in [1.54, 1.807) is 30.5 Å². The Bertz CT molecular complexity index is 607. The topological polar surface area (TPSA) is 85.0 Å². The molecule has 7 heteroatoms. The minimum Gasteiger partial charge on any atom is -0.368 e. The van der Waals surface area contributed by atoms with Crippen molar-refractivity contribution in [2.75, 3.05) is 12.3 Å². The number of carbonyl (C=O) groups is 1. The van der Waals surface area contributed by atoms with Gasteiger partial charge in [-0.3, -0.25) is 4.79 Å². The van der Waals surface area contributed by atoms with Crippen LogP contribution in [-0.4, -0.2) is 32.3 Å². The fraction of sp³-hybridized carbons (Fsp3) is 0.385. The molecular weight excluding hydrogens is 274 g/mol. The van der Waals surface area contributed by atoms with Crippen molar-refractivity contribution < 1.29 is 4.79 Å². The summed E-state index contributed by atoms with van der Waals surface area (Å²) in [4.78, 5) is 26.8. The Labute approximate surface area is 120 Å². The molecule has 3 heterocycles. The lowest BCUT2D eigenvalue weighted by atomic mass is 10.2.